The van der Waals surface area contributed by atoms with Crippen molar-refractivity contribution in [2.45, 2.75) is 52.1 Å². The van der Waals surface area contributed by atoms with Crippen molar-refractivity contribution in [2.24, 2.45) is 11.8 Å². The minimum absolute atomic E-state index is 0.449. The van der Waals surface area contributed by atoms with E-state index in [-0.39, 0.29) is 0 Å². The van der Waals surface area contributed by atoms with Crippen molar-refractivity contribution in [2.75, 3.05) is 0 Å². The van der Waals surface area contributed by atoms with Gasteiger partial charge in [0.25, 0.3) is 0 Å². The van der Waals surface area contributed by atoms with Crippen LogP contribution in [0.15, 0.2) is 42.5 Å². The lowest BCUT2D eigenvalue weighted by molar-refractivity contribution is -0.0521. The molecule has 0 heterocycles. The monoisotopic (exact) mass is 386 g/mol. The average molecular weight is 386 g/mol. The van der Waals surface area contributed by atoms with E-state index in [1.54, 1.807) is 6.07 Å². The molecule has 28 heavy (non-hydrogen) atoms. The van der Waals surface area contributed by atoms with Crippen LogP contribution >= 0.6 is 0 Å². The van der Waals surface area contributed by atoms with Crippen molar-refractivity contribution in [1.82, 2.24) is 0 Å². The summed E-state index contributed by atoms with van der Waals surface area (Å²) in [6.07, 6.45) is 7.52. The smallest absolute Gasteiger partial charge is 0.387 e. The van der Waals surface area contributed by atoms with Crippen molar-refractivity contribution in [3.05, 3.63) is 53.8 Å². The van der Waals surface area contributed by atoms with Gasteiger partial charge in [-0.3, -0.25) is 0 Å². The van der Waals surface area contributed by atoms with Gasteiger partial charge in [-0.2, -0.15) is 8.78 Å². The van der Waals surface area contributed by atoms with Crippen molar-refractivity contribution in [3.8, 4) is 28.7 Å². The van der Waals surface area contributed by atoms with E-state index in [2.05, 4.69) is 23.5 Å². The third-order valence-corrected chi connectivity index (χ3v) is 5.33. The predicted molar refractivity (Wildman–Crippen MR) is 106 cm³/mol. The van der Waals surface area contributed by atoms with E-state index < -0.39 is 18.2 Å². The lowest BCUT2D eigenvalue weighted by atomic mass is 9.80. The number of halogens is 3. The molecule has 1 nitrogen and oxygen atoms in total. The van der Waals surface area contributed by atoms with E-state index in [0.717, 1.165) is 17.0 Å². The van der Waals surface area contributed by atoms with Crippen LogP contribution in [0, 0.1) is 29.5 Å². The standard InChI is InChI=1S/C24H25F3O/c1-2-3-17-4-6-18(7-5-17)8-9-19-10-12-20(13-11-19)21-14-15-23(22(25)16-21)28-24(26)27/h10-18,24H,2-7H2,1H3. The second-order valence-corrected chi connectivity index (χ2v) is 7.38. The summed E-state index contributed by atoms with van der Waals surface area (Å²) in [4.78, 5) is 0. The molecule has 0 radical (unpaired) electrons. The average Bonchev–Trinajstić information content (AvgIpc) is 2.69. The Hall–Kier alpha value is -2.41. The normalized spacial score (nSPS) is 19.2. The molecule has 148 valence electrons. The summed E-state index contributed by atoms with van der Waals surface area (Å²) >= 11 is 0. The molecule has 0 saturated heterocycles. The zero-order valence-corrected chi connectivity index (χ0v) is 16.1. The zero-order valence-electron chi connectivity index (χ0n) is 16.1. The van der Waals surface area contributed by atoms with E-state index in [1.807, 2.05) is 24.3 Å². The topological polar surface area (TPSA) is 9.23 Å². The summed E-state index contributed by atoms with van der Waals surface area (Å²) in [7, 11) is 0. The Labute approximate surface area is 164 Å². The highest BCUT2D eigenvalue weighted by molar-refractivity contribution is 5.65. The van der Waals surface area contributed by atoms with Gasteiger partial charge in [-0.05, 0) is 67.0 Å². The van der Waals surface area contributed by atoms with Crippen LogP contribution in [0.5, 0.6) is 5.75 Å². The lowest BCUT2D eigenvalue weighted by Gasteiger charge is -2.25. The Balaban J connectivity index is 1.62. The fourth-order valence-electron chi connectivity index (χ4n) is 3.81. The highest BCUT2D eigenvalue weighted by Crippen LogP contribution is 2.31. The van der Waals surface area contributed by atoms with Crippen LogP contribution in [0.1, 0.15) is 51.0 Å². The van der Waals surface area contributed by atoms with Crippen molar-refractivity contribution < 1.29 is 17.9 Å². The molecule has 0 aliphatic heterocycles. The van der Waals surface area contributed by atoms with Crippen molar-refractivity contribution >= 4 is 0 Å². The molecule has 0 atom stereocenters. The predicted octanol–water partition coefficient (Wildman–Crippen LogP) is 7.05. The van der Waals surface area contributed by atoms with Gasteiger partial charge >= 0.3 is 6.61 Å². The van der Waals surface area contributed by atoms with Gasteiger partial charge < -0.3 is 4.74 Å². The van der Waals surface area contributed by atoms with Gasteiger partial charge in [0.1, 0.15) is 0 Å². The first-order valence-electron chi connectivity index (χ1n) is 9.91. The van der Waals surface area contributed by atoms with E-state index in [9.17, 15) is 13.2 Å². The quantitative estimate of drug-likeness (QED) is 0.500. The number of hydrogen-bond donors (Lipinski definition) is 0. The van der Waals surface area contributed by atoms with Gasteiger partial charge in [0.05, 0.1) is 0 Å². The molecular weight excluding hydrogens is 361 g/mol. The number of ether oxygens (including phenoxy) is 1. The van der Waals surface area contributed by atoms with Crippen LogP contribution in [0.4, 0.5) is 13.2 Å². The molecule has 2 aromatic carbocycles. The first kappa shape index (κ1) is 20.3. The summed E-state index contributed by atoms with van der Waals surface area (Å²) < 4.78 is 42.5. The van der Waals surface area contributed by atoms with Crippen LogP contribution in [0.3, 0.4) is 0 Å². The summed E-state index contributed by atoms with van der Waals surface area (Å²) in [6, 6.07) is 11.5. The molecule has 1 saturated carbocycles. The van der Waals surface area contributed by atoms with E-state index in [0.29, 0.717) is 11.5 Å². The van der Waals surface area contributed by atoms with Gasteiger partial charge in [0, 0.05) is 11.5 Å². The van der Waals surface area contributed by atoms with Gasteiger partial charge in [0.2, 0.25) is 0 Å². The first-order chi connectivity index (χ1) is 13.5. The van der Waals surface area contributed by atoms with Gasteiger partial charge in [-0.15, -0.1) is 0 Å². The lowest BCUT2D eigenvalue weighted by Crippen LogP contribution is -2.13. The van der Waals surface area contributed by atoms with E-state index in [1.165, 1.54) is 50.7 Å². The molecule has 0 aromatic heterocycles. The summed E-state index contributed by atoms with van der Waals surface area (Å²) in [5.74, 6) is 6.75. The highest BCUT2D eigenvalue weighted by Gasteiger charge is 2.18. The minimum atomic E-state index is -3.04. The third kappa shape index (κ3) is 5.55. The summed E-state index contributed by atoms with van der Waals surface area (Å²) in [5.41, 5.74) is 2.33. The molecule has 1 aliphatic rings. The molecule has 1 fully saturated rings. The fourth-order valence-corrected chi connectivity index (χ4v) is 3.81. The maximum absolute atomic E-state index is 13.9. The highest BCUT2D eigenvalue weighted by atomic mass is 19.3. The van der Waals surface area contributed by atoms with Crippen LogP contribution in [0.2, 0.25) is 0 Å². The van der Waals surface area contributed by atoms with Crippen molar-refractivity contribution in [1.29, 1.82) is 0 Å². The minimum Gasteiger partial charge on any atom is -0.432 e. The Kier molecular flexibility index (Phi) is 7.03. The summed E-state index contributed by atoms with van der Waals surface area (Å²) in [5, 5.41) is 0. The van der Waals surface area contributed by atoms with Crippen LogP contribution in [-0.4, -0.2) is 6.61 Å². The maximum atomic E-state index is 13.9. The van der Waals surface area contributed by atoms with Gasteiger partial charge in [0.15, 0.2) is 11.6 Å². The Morgan fingerprint density at radius 2 is 1.68 bits per heavy atom. The van der Waals surface area contributed by atoms with Crippen LogP contribution in [-0.2, 0) is 0 Å². The Morgan fingerprint density at radius 1 is 1.00 bits per heavy atom. The molecule has 3 rings (SSSR count). The first-order valence-corrected chi connectivity index (χ1v) is 9.91. The molecular formula is C24H25F3O. The number of benzene rings is 2. The number of rotatable bonds is 5. The molecule has 0 amide bonds. The molecule has 0 bridgehead atoms. The molecule has 0 unspecified atom stereocenters. The third-order valence-electron chi connectivity index (χ3n) is 5.33. The summed E-state index contributed by atoms with van der Waals surface area (Å²) in [6.45, 7) is -0.796. The molecule has 1 aliphatic carbocycles. The van der Waals surface area contributed by atoms with Crippen molar-refractivity contribution in [3.63, 3.8) is 0 Å². The molecule has 0 N–H and O–H groups in total. The Bertz CT molecular complexity index is 825. The maximum Gasteiger partial charge on any atom is 0.387 e. The number of hydrogen-bond acceptors (Lipinski definition) is 1. The number of alkyl halides is 2. The SMILES string of the molecule is CCCC1CCC(C#Cc2ccc(-c3ccc(OC(F)F)c(F)c3)cc2)CC1. The van der Waals surface area contributed by atoms with Crippen LogP contribution in [0.25, 0.3) is 11.1 Å². The second kappa shape index (κ2) is 9.68. The molecule has 0 spiro atoms. The Morgan fingerprint density at radius 3 is 2.29 bits per heavy atom. The van der Waals surface area contributed by atoms with Gasteiger partial charge in [-0.25, -0.2) is 4.39 Å². The second-order valence-electron chi connectivity index (χ2n) is 7.38. The molecule has 2 aromatic rings. The fraction of sp³-hybridized carbons (Fsp3) is 0.417. The van der Waals surface area contributed by atoms with E-state index >= 15 is 0 Å². The zero-order chi connectivity index (χ0) is 19.9. The van der Waals surface area contributed by atoms with Crippen LogP contribution < -0.4 is 4.74 Å². The largest absolute Gasteiger partial charge is 0.432 e. The van der Waals surface area contributed by atoms with E-state index in [4.69, 9.17) is 0 Å². The van der Waals surface area contributed by atoms with Gasteiger partial charge in [-0.1, -0.05) is 49.8 Å². The molecule has 4 heteroatoms.